The summed E-state index contributed by atoms with van der Waals surface area (Å²) in [5.74, 6) is -1.25. The molecule has 0 aromatic heterocycles. The van der Waals surface area contributed by atoms with Gasteiger partial charge in [0.15, 0.2) is 0 Å². The summed E-state index contributed by atoms with van der Waals surface area (Å²) in [5.41, 5.74) is 6.18. The Kier molecular flexibility index (Phi) is 4.37. The van der Waals surface area contributed by atoms with Crippen LogP contribution in [0.5, 0.6) is 0 Å². The van der Waals surface area contributed by atoms with E-state index in [1.54, 1.807) is 6.92 Å². The summed E-state index contributed by atoms with van der Waals surface area (Å²) in [4.78, 5) is 11.8. The maximum Gasteiger partial charge on any atom is 0.341 e. The lowest BCUT2D eigenvalue weighted by atomic mass is 10.1. The number of carbonyl (C=O) groups is 1. The summed E-state index contributed by atoms with van der Waals surface area (Å²) in [7, 11) is 0. The standard InChI is InChI=1S/C14H18FNO3/c1-9-7-10(16)8-12(13(9)15)14(17)19-6-4-11-3-2-5-18-11/h7-8,11H,2-6,16H2,1H3. The molecule has 0 aliphatic carbocycles. The van der Waals surface area contributed by atoms with Crippen LogP contribution in [-0.4, -0.2) is 25.3 Å². The van der Waals surface area contributed by atoms with Gasteiger partial charge in [-0.3, -0.25) is 0 Å². The molecule has 4 nitrogen and oxygen atoms in total. The maximum absolute atomic E-state index is 13.8. The van der Waals surface area contributed by atoms with E-state index in [1.165, 1.54) is 12.1 Å². The van der Waals surface area contributed by atoms with Crippen LogP contribution < -0.4 is 5.73 Å². The second kappa shape index (κ2) is 6.02. The minimum Gasteiger partial charge on any atom is -0.462 e. The third-order valence-electron chi connectivity index (χ3n) is 3.19. The molecule has 19 heavy (non-hydrogen) atoms. The van der Waals surface area contributed by atoms with Gasteiger partial charge in [0.25, 0.3) is 0 Å². The highest BCUT2D eigenvalue weighted by molar-refractivity contribution is 5.91. The van der Waals surface area contributed by atoms with Crippen molar-refractivity contribution in [1.29, 1.82) is 0 Å². The van der Waals surface area contributed by atoms with Crippen molar-refractivity contribution in [2.24, 2.45) is 0 Å². The molecule has 2 N–H and O–H groups in total. The number of halogens is 1. The summed E-state index contributed by atoms with van der Waals surface area (Å²) in [6, 6.07) is 2.79. The second-order valence-electron chi connectivity index (χ2n) is 4.76. The third-order valence-corrected chi connectivity index (χ3v) is 3.19. The summed E-state index contributed by atoms with van der Waals surface area (Å²) < 4.78 is 24.3. The first kappa shape index (κ1) is 13.8. The molecular formula is C14H18FNO3. The average molecular weight is 267 g/mol. The van der Waals surface area contributed by atoms with E-state index in [0.29, 0.717) is 17.7 Å². The van der Waals surface area contributed by atoms with Crippen molar-refractivity contribution < 1.29 is 18.7 Å². The van der Waals surface area contributed by atoms with Crippen LogP contribution in [0.25, 0.3) is 0 Å². The fourth-order valence-electron chi connectivity index (χ4n) is 2.18. The van der Waals surface area contributed by atoms with Gasteiger partial charge >= 0.3 is 5.97 Å². The summed E-state index contributed by atoms with van der Waals surface area (Å²) in [6.07, 6.45) is 2.83. The molecule has 1 aromatic carbocycles. The first-order chi connectivity index (χ1) is 9.08. The second-order valence-corrected chi connectivity index (χ2v) is 4.76. The largest absolute Gasteiger partial charge is 0.462 e. The van der Waals surface area contributed by atoms with Crippen molar-refractivity contribution in [2.75, 3.05) is 18.9 Å². The quantitative estimate of drug-likeness (QED) is 0.672. The number of rotatable bonds is 4. The zero-order valence-corrected chi connectivity index (χ0v) is 10.9. The number of hydrogen-bond acceptors (Lipinski definition) is 4. The minimum atomic E-state index is -0.675. The molecule has 1 aliphatic rings. The third kappa shape index (κ3) is 3.44. The molecule has 1 atom stereocenters. The van der Waals surface area contributed by atoms with Crippen molar-refractivity contribution in [2.45, 2.75) is 32.3 Å². The molecule has 1 unspecified atom stereocenters. The molecule has 0 radical (unpaired) electrons. The zero-order chi connectivity index (χ0) is 13.8. The summed E-state index contributed by atoms with van der Waals surface area (Å²) >= 11 is 0. The van der Waals surface area contributed by atoms with Crippen LogP contribution in [0.2, 0.25) is 0 Å². The molecule has 1 heterocycles. The Balaban J connectivity index is 1.92. The lowest BCUT2D eigenvalue weighted by Crippen LogP contribution is -2.14. The van der Waals surface area contributed by atoms with E-state index in [-0.39, 0.29) is 18.3 Å². The summed E-state index contributed by atoms with van der Waals surface area (Å²) in [5, 5.41) is 0. The molecule has 5 heteroatoms. The number of nitrogen functional groups attached to an aromatic ring is 1. The van der Waals surface area contributed by atoms with Crippen LogP contribution >= 0.6 is 0 Å². The van der Waals surface area contributed by atoms with Crippen molar-refractivity contribution in [3.05, 3.63) is 29.1 Å². The Labute approximate surface area is 111 Å². The molecule has 0 saturated carbocycles. The van der Waals surface area contributed by atoms with Crippen molar-refractivity contribution in [3.8, 4) is 0 Å². The number of anilines is 1. The number of esters is 1. The highest BCUT2D eigenvalue weighted by Gasteiger charge is 2.18. The summed E-state index contributed by atoms with van der Waals surface area (Å²) in [6.45, 7) is 2.56. The number of ether oxygens (including phenoxy) is 2. The van der Waals surface area contributed by atoms with E-state index in [9.17, 15) is 9.18 Å². The fourth-order valence-corrected chi connectivity index (χ4v) is 2.18. The lowest BCUT2D eigenvalue weighted by Gasteiger charge is -2.11. The Morgan fingerprint density at radius 3 is 3.05 bits per heavy atom. The van der Waals surface area contributed by atoms with E-state index >= 15 is 0 Å². The first-order valence-corrected chi connectivity index (χ1v) is 6.42. The number of carbonyl (C=O) groups excluding carboxylic acids is 1. The Hall–Kier alpha value is -1.62. The van der Waals surface area contributed by atoms with E-state index in [4.69, 9.17) is 15.2 Å². The molecule has 0 amide bonds. The van der Waals surface area contributed by atoms with Gasteiger partial charge in [0, 0.05) is 18.7 Å². The molecule has 1 saturated heterocycles. The van der Waals surface area contributed by atoms with Crippen molar-refractivity contribution in [1.82, 2.24) is 0 Å². The topological polar surface area (TPSA) is 61.6 Å². The Morgan fingerprint density at radius 2 is 2.37 bits per heavy atom. The van der Waals surface area contributed by atoms with E-state index in [1.807, 2.05) is 0 Å². The van der Waals surface area contributed by atoms with Crippen LogP contribution in [0, 0.1) is 12.7 Å². The van der Waals surface area contributed by atoms with E-state index in [0.717, 1.165) is 19.4 Å². The molecular weight excluding hydrogens is 249 g/mol. The monoisotopic (exact) mass is 267 g/mol. The molecule has 0 bridgehead atoms. The number of benzene rings is 1. The normalized spacial score (nSPS) is 18.5. The van der Waals surface area contributed by atoms with E-state index in [2.05, 4.69) is 0 Å². The fraction of sp³-hybridized carbons (Fsp3) is 0.500. The van der Waals surface area contributed by atoms with Gasteiger partial charge in [0.05, 0.1) is 18.3 Å². The number of aryl methyl sites for hydroxylation is 1. The minimum absolute atomic E-state index is 0.107. The number of nitrogens with two attached hydrogens (primary N) is 1. The molecule has 1 aromatic rings. The molecule has 1 fully saturated rings. The van der Waals surface area contributed by atoms with Gasteiger partial charge in [-0.05, 0) is 37.5 Å². The van der Waals surface area contributed by atoms with E-state index < -0.39 is 11.8 Å². The molecule has 1 aliphatic heterocycles. The van der Waals surface area contributed by atoms with Gasteiger partial charge in [-0.15, -0.1) is 0 Å². The van der Waals surface area contributed by atoms with Gasteiger partial charge < -0.3 is 15.2 Å². The van der Waals surface area contributed by atoms with Crippen LogP contribution in [-0.2, 0) is 9.47 Å². The van der Waals surface area contributed by atoms with Gasteiger partial charge in [-0.1, -0.05) is 0 Å². The highest BCUT2D eigenvalue weighted by atomic mass is 19.1. The highest BCUT2D eigenvalue weighted by Crippen LogP contribution is 2.19. The van der Waals surface area contributed by atoms with Crippen LogP contribution in [0.4, 0.5) is 10.1 Å². The molecule has 2 rings (SSSR count). The average Bonchev–Trinajstić information content (AvgIpc) is 2.86. The molecule has 104 valence electrons. The first-order valence-electron chi connectivity index (χ1n) is 6.42. The van der Waals surface area contributed by atoms with Crippen LogP contribution in [0.3, 0.4) is 0 Å². The predicted molar refractivity (Wildman–Crippen MR) is 69.4 cm³/mol. The maximum atomic E-state index is 13.8. The van der Waals surface area contributed by atoms with Gasteiger partial charge in [-0.2, -0.15) is 0 Å². The zero-order valence-electron chi connectivity index (χ0n) is 10.9. The van der Waals surface area contributed by atoms with Crippen molar-refractivity contribution in [3.63, 3.8) is 0 Å². The Morgan fingerprint density at radius 1 is 1.58 bits per heavy atom. The van der Waals surface area contributed by atoms with Crippen LogP contribution in [0.1, 0.15) is 35.2 Å². The smallest absolute Gasteiger partial charge is 0.341 e. The SMILES string of the molecule is Cc1cc(N)cc(C(=O)OCCC2CCCO2)c1F. The molecule has 0 spiro atoms. The lowest BCUT2D eigenvalue weighted by molar-refractivity contribution is 0.0381. The number of hydrogen-bond donors (Lipinski definition) is 1. The van der Waals surface area contributed by atoms with Gasteiger partial charge in [0.2, 0.25) is 0 Å². The van der Waals surface area contributed by atoms with Gasteiger partial charge in [-0.25, -0.2) is 9.18 Å². The predicted octanol–water partition coefficient (Wildman–Crippen LogP) is 2.44. The Bertz CT molecular complexity index is 470. The van der Waals surface area contributed by atoms with Gasteiger partial charge in [0.1, 0.15) is 5.82 Å². The van der Waals surface area contributed by atoms with Crippen molar-refractivity contribution >= 4 is 11.7 Å². The van der Waals surface area contributed by atoms with Crippen LogP contribution in [0.15, 0.2) is 12.1 Å².